The summed E-state index contributed by atoms with van der Waals surface area (Å²) in [6.07, 6.45) is 1.55. The number of hydrogen-bond donors (Lipinski definition) is 1. The standard InChI is InChI=1S/C25H19N5O3/c1-15-18(13-26)22(23(27-2)19-14-32-11-10-30(15)19)21-12-17-20(33-21)8-9-28-24(17)29-25(31)16-6-4-3-5-7-16/h3-9,12,22H,10-11,14H2,1H3,(H,28,29,31). The Hall–Kier alpha value is -4.40. The number of rotatable bonds is 3. The lowest BCUT2D eigenvalue weighted by atomic mass is 9.87. The monoisotopic (exact) mass is 437 g/mol. The Morgan fingerprint density at radius 1 is 1.33 bits per heavy atom. The summed E-state index contributed by atoms with van der Waals surface area (Å²) in [6.45, 7) is 11.2. The van der Waals surface area contributed by atoms with Crippen LogP contribution in [0.3, 0.4) is 0 Å². The van der Waals surface area contributed by atoms with E-state index in [1.807, 2.05) is 17.9 Å². The van der Waals surface area contributed by atoms with Crippen LogP contribution in [0.15, 0.2) is 75.7 Å². The van der Waals surface area contributed by atoms with E-state index >= 15 is 0 Å². The minimum atomic E-state index is -0.648. The summed E-state index contributed by atoms with van der Waals surface area (Å²) in [5, 5.41) is 13.4. The SMILES string of the molecule is [C-]#[N+]C1=C2COCCN2C(C)=C(C#N)C1c1cc2c(NC(=O)c3ccccc3)nccc2o1. The zero-order valence-corrected chi connectivity index (χ0v) is 17.8. The van der Waals surface area contributed by atoms with Crippen molar-refractivity contribution < 1.29 is 13.9 Å². The summed E-state index contributed by atoms with van der Waals surface area (Å²) in [7, 11) is 0. The van der Waals surface area contributed by atoms with E-state index in [-0.39, 0.29) is 5.91 Å². The fourth-order valence-electron chi connectivity index (χ4n) is 4.32. The molecule has 3 aromatic rings. The number of nitrogens with one attached hydrogen (secondary N) is 1. The summed E-state index contributed by atoms with van der Waals surface area (Å²) < 4.78 is 11.7. The van der Waals surface area contributed by atoms with Crippen LogP contribution in [0.2, 0.25) is 0 Å². The lowest BCUT2D eigenvalue weighted by Crippen LogP contribution is -2.38. The van der Waals surface area contributed by atoms with Gasteiger partial charge in [-0.1, -0.05) is 18.2 Å². The van der Waals surface area contributed by atoms with Gasteiger partial charge in [0.2, 0.25) is 5.70 Å². The quantitative estimate of drug-likeness (QED) is 0.609. The van der Waals surface area contributed by atoms with Gasteiger partial charge in [0.05, 0.1) is 42.7 Å². The van der Waals surface area contributed by atoms with Crippen molar-refractivity contribution in [3.63, 3.8) is 0 Å². The van der Waals surface area contributed by atoms with E-state index in [9.17, 15) is 10.1 Å². The van der Waals surface area contributed by atoms with Crippen LogP contribution in [0.25, 0.3) is 15.8 Å². The molecule has 0 radical (unpaired) electrons. The van der Waals surface area contributed by atoms with Gasteiger partial charge in [0.25, 0.3) is 5.91 Å². The highest BCUT2D eigenvalue weighted by molar-refractivity contribution is 6.07. The Bertz CT molecular complexity index is 1410. The number of fused-ring (bicyclic) bond motifs is 2. The highest BCUT2D eigenvalue weighted by Crippen LogP contribution is 2.44. The van der Waals surface area contributed by atoms with Gasteiger partial charge in [-0.3, -0.25) is 4.79 Å². The van der Waals surface area contributed by atoms with E-state index in [4.69, 9.17) is 15.7 Å². The number of aromatic nitrogens is 1. The Morgan fingerprint density at radius 3 is 2.91 bits per heavy atom. The summed E-state index contributed by atoms with van der Waals surface area (Å²) >= 11 is 0. The third-order valence-electron chi connectivity index (χ3n) is 5.93. The zero-order chi connectivity index (χ0) is 22.9. The van der Waals surface area contributed by atoms with Crippen LogP contribution in [0, 0.1) is 17.9 Å². The molecule has 2 aliphatic heterocycles. The molecule has 1 fully saturated rings. The Kier molecular flexibility index (Phi) is 5.14. The lowest BCUT2D eigenvalue weighted by molar-refractivity contribution is 0.0832. The first kappa shape index (κ1) is 20.5. The molecule has 0 bridgehead atoms. The smallest absolute Gasteiger partial charge is 0.256 e. The van der Waals surface area contributed by atoms with Gasteiger partial charge in [0, 0.05) is 29.7 Å². The Balaban J connectivity index is 1.59. The number of pyridine rings is 1. The normalized spacial score (nSPS) is 18.0. The van der Waals surface area contributed by atoms with Gasteiger partial charge in [0.1, 0.15) is 17.2 Å². The van der Waals surface area contributed by atoms with Crippen molar-refractivity contribution in [2.45, 2.75) is 12.8 Å². The number of carbonyl (C=O) groups excluding carboxylic acids is 1. The van der Waals surface area contributed by atoms with Crippen LogP contribution >= 0.6 is 0 Å². The molecule has 0 saturated carbocycles. The topological polar surface area (TPSA) is 95.8 Å². The molecule has 0 aliphatic carbocycles. The molecule has 8 nitrogen and oxygen atoms in total. The van der Waals surface area contributed by atoms with Gasteiger partial charge in [-0.2, -0.15) is 5.26 Å². The second kappa shape index (κ2) is 8.27. The molecule has 1 N–H and O–H groups in total. The van der Waals surface area contributed by atoms with Crippen molar-refractivity contribution in [1.29, 1.82) is 5.26 Å². The van der Waals surface area contributed by atoms with Crippen LogP contribution in [0.1, 0.15) is 29.0 Å². The molecular weight excluding hydrogens is 418 g/mol. The van der Waals surface area contributed by atoms with Crippen LogP contribution in [-0.2, 0) is 4.74 Å². The van der Waals surface area contributed by atoms with Gasteiger partial charge < -0.3 is 19.4 Å². The third-order valence-corrected chi connectivity index (χ3v) is 5.93. The highest BCUT2D eigenvalue weighted by atomic mass is 16.5. The molecule has 2 aliphatic rings. The maximum Gasteiger partial charge on any atom is 0.256 e. The molecule has 4 heterocycles. The number of furan rings is 1. The van der Waals surface area contributed by atoms with E-state index in [0.717, 1.165) is 11.4 Å². The van der Waals surface area contributed by atoms with Crippen LogP contribution in [0.5, 0.6) is 0 Å². The fraction of sp³-hybridized carbons (Fsp3) is 0.200. The molecule has 33 heavy (non-hydrogen) atoms. The van der Waals surface area contributed by atoms with E-state index in [1.54, 1.807) is 42.6 Å². The minimum absolute atomic E-state index is 0.288. The average Bonchev–Trinajstić information content (AvgIpc) is 3.29. The molecule has 1 aromatic carbocycles. The van der Waals surface area contributed by atoms with Gasteiger partial charge in [-0.05, 0) is 31.2 Å². The molecule has 8 heteroatoms. The van der Waals surface area contributed by atoms with Crippen LogP contribution < -0.4 is 5.32 Å². The van der Waals surface area contributed by atoms with Crippen molar-refractivity contribution in [2.75, 3.05) is 25.1 Å². The van der Waals surface area contributed by atoms with Crippen molar-refractivity contribution in [1.82, 2.24) is 9.88 Å². The summed E-state index contributed by atoms with van der Waals surface area (Å²) in [5.74, 6) is -0.132. The molecule has 5 rings (SSSR count). The molecule has 0 spiro atoms. The second-order valence-electron chi connectivity index (χ2n) is 7.73. The number of nitrogens with zero attached hydrogens (tertiary/aromatic N) is 4. The summed E-state index contributed by atoms with van der Waals surface area (Å²) in [4.78, 5) is 22.8. The maximum atomic E-state index is 12.7. The van der Waals surface area contributed by atoms with Gasteiger partial charge in [-0.25, -0.2) is 9.83 Å². The molecular formula is C25H19N5O3. The molecule has 2 aromatic heterocycles. The van der Waals surface area contributed by atoms with Crippen LogP contribution in [-0.4, -0.2) is 35.5 Å². The van der Waals surface area contributed by atoms with E-state index in [0.29, 0.717) is 59.1 Å². The van der Waals surface area contributed by atoms with E-state index in [2.05, 4.69) is 21.2 Å². The summed E-state index contributed by atoms with van der Waals surface area (Å²) in [6, 6.07) is 14.6. The van der Waals surface area contributed by atoms with Gasteiger partial charge in [0.15, 0.2) is 0 Å². The first-order chi connectivity index (χ1) is 16.1. The predicted molar refractivity (Wildman–Crippen MR) is 121 cm³/mol. The van der Waals surface area contributed by atoms with Crippen molar-refractivity contribution in [3.8, 4) is 6.07 Å². The number of hydrogen-bond acceptors (Lipinski definition) is 6. The molecule has 1 unspecified atom stereocenters. The number of anilines is 1. The van der Waals surface area contributed by atoms with Crippen LogP contribution in [0.4, 0.5) is 5.82 Å². The third kappa shape index (κ3) is 3.43. The zero-order valence-electron chi connectivity index (χ0n) is 17.8. The fourth-order valence-corrected chi connectivity index (χ4v) is 4.32. The number of benzene rings is 1. The average molecular weight is 437 g/mol. The van der Waals surface area contributed by atoms with Crippen molar-refractivity contribution in [2.24, 2.45) is 0 Å². The van der Waals surface area contributed by atoms with Gasteiger partial charge in [-0.15, -0.1) is 0 Å². The number of carbonyl (C=O) groups is 1. The first-order valence-corrected chi connectivity index (χ1v) is 10.4. The van der Waals surface area contributed by atoms with E-state index in [1.165, 1.54) is 0 Å². The van der Waals surface area contributed by atoms with E-state index < -0.39 is 5.92 Å². The lowest BCUT2D eigenvalue weighted by Gasteiger charge is -2.38. The number of morpholine rings is 1. The number of amides is 1. The Labute approximate surface area is 190 Å². The molecule has 1 atom stereocenters. The highest BCUT2D eigenvalue weighted by Gasteiger charge is 2.38. The largest absolute Gasteiger partial charge is 0.461 e. The first-order valence-electron chi connectivity index (χ1n) is 10.4. The number of allylic oxidation sites excluding steroid dienone is 2. The Morgan fingerprint density at radius 2 is 2.15 bits per heavy atom. The molecule has 1 amide bonds. The molecule has 162 valence electrons. The van der Waals surface area contributed by atoms with Crippen molar-refractivity contribution in [3.05, 3.63) is 94.1 Å². The maximum absolute atomic E-state index is 12.7. The number of ether oxygens (including phenoxy) is 1. The van der Waals surface area contributed by atoms with Crippen molar-refractivity contribution >= 4 is 22.7 Å². The number of nitriles is 1. The van der Waals surface area contributed by atoms with Gasteiger partial charge >= 0.3 is 0 Å². The second-order valence-corrected chi connectivity index (χ2v) is 7.73. The summed E-state index contributed by atoms with van der Waals surface area (Å²) in [5.41, 5.74) is 3.45. The predicted octanol–water partition coefficient (Wildman–Crippen LogP) is 4.44. The minimum Gasteiger partial charge on any atom is -0.461 e. The molecule has 1 saturated heterocycles.